The van der Waals surface area contributed by atoms with E-state index in [-0.39, 0.29) is 24.3 Å². The monoisotopic (exact) mass is 374 g/mol. The van der Waals surface area contributed by atoms with E-state index in [9.17, 15) is 14.0 Å². The summed E-state index contributed by atoms with van der Waals surface area (Å²) in [7, 11) is 0. The molecule has 144 valence electrons. The Hall–Kier alpha value is -2.74. The number of likely N-dealkylation sites (tertiary alicyclic amines) is 1. The number of aromatic nitrogens is 2. The summed E-state index contributed by atoms with van der Waals surface area (Å²) >= 11 is 0. The number of hydrogen-bond donors (Lipinski definition) is 2. The fraction of sp³-hybridized carbons (Fsp3) is 0.421. The van der Waals surface area contributed by atoms with E-state index in [4.69, 9.17) is 5.11 Å². The number of likely N-dealkylation sites (N-methyl/N-ethyl adjacent to an activating group) is 1. The van der Waals surface area contributed by atoms with Crippen LogP contribution in [0.15, 0.2) is 30.5 Å². The van der Waals surface area contributed by atoms with E-state index >= 15 is 0 Å². The third kappa shape index (κ3) is 4.33. The smallest absolute Gasteiger partial charge is 0.317 e. The van der Waals surface area contributed by atoms with Crippen molar-refractivity contribution in [3.63, 3.8) is 0 Å². The molecule has 2 N–H and O–H groups in total. The van der Waals surface area contributed by atoms with Crippen molar-refractivity contribution in [2.24, 2.45) is 0 Å². The van der Waals surface area contributed by atoms with Gasteiger partial charge in [-0.15, -0.1) is 0 Å². The number of carbonyl (C=O) groups excluding carboxylic acids is 1. The van der Waals surface area contributed by atoms with E-state index in [2.05, 4.69) is 10.2 Å². The Kier molecular flexibility index (Phi) is 5.85. The number of hydrogen-bond acceptors (Lipinski definition) is 4. The maximum Gasteiger partial charge on any atom is 0.317 e. The second-order valence-corrected chi connectivity index (χ2v) is 6.65. The number of carboxylic acid groups (broad SMARTS) is 1. The molecule has 1 aromatic carbocycles. The zero-order chi connectivity index (χ0) is 19.4. The average Bonchev–Trinajstić information content (AvgIpc) is 3.16. The number of H-pyrrole nitrogens is 1. The number of halogens is 1. The van der Waals surface area contributed by atoms with Crippen LogP contribution in [0.5, 0.6) is 0 Å². The van der Waals surface area contributed by atoms with Gasteiger partial charge in [0.15, 0.2) is 0 Å². The predicted octanol–water partition coefficient (Wildman–Crippen LogP) is 2.23. The van der Waals surface area contributed by atoms with Crippen LogP contribution < -0.4 is 0 Å². The molecule has 0 bridgehead atoms. The second-order valence-electron chi connectivity index (χ2n) is 6.65. The van der Waals surface area contributed by atoms with E-state index < -0.39 is 5.97 Å². The van der Waals surface area contributed by atoms with Crippen LogP contribution in [0.4, 0.5) is 4.39 Å². The van der Waals surface area contributed by atoms with Gasteiger partial charge in [0, 0.05) is 24.7 Å². The van der Waals surface area contributed by atoms with Gasteiger partial charge in [0.25, 0.3) is 5.91 Å². The van der Waals surface area contributed by atoms with E-state index in [1.807, 2.05) is 11.8 Å². The molecule has 3 rings (SSSR count). The fourth-order valence-electron chi connectivity index (χ4n) is 3.56. The van der Waals surface area contributed by atoms with Crippen molar-refractivity contribution in [3.8, 4) is 11.3 Å². The van der Waals surface area contributed by atoms with Gasteiger partial charge in [0.05, 0.1) is 24.0 Å². The third-order valence-corrected chi connectivity index (χ3v) is 5.02. The van der Waals surface area contributed by atoms with Gasteiger partial charge in [0.2, 0.25) is 0 Å². The van der Waals surface area contributed by atoms with Crippen molar-refractivity contribution in [2.75, 3.05) is 26.2 Å². The van der Waals surface area contributed by atoms with Crippen LogP contribution in [0.1, 0.15) is 30.1 Å². The van der Waals surface area contributed by atoms with E-state index in [1.54, 1.807) is 17.0 Å². The Balaban J connectivity index is 1.68. The topological polar surface area (TPSA) is 89.5 Å². The number of aliphatic carboxylic acids is 1. The molecule has 1 saturated heterocycles. The van der Waals surface area contributed by atoms with Crippen LogP contribution in [0.25, 0.3) is 11.3 Å². The zero-order valence-corrected chi connectivity index (χ0v) is 15.2. The molecular weight excluding hydrogens is 351 g/mol. The van der Waals surface area contributed by atoms with Crippen molar-refractivity contribution in [1.29, 1.82) is 0 Å². The van der Waals surface area contributed by atoms with Crippen LogP contribution in [0.2, 0.25) is 0 Å². The van der Waals surface area contributed by atoms with Crippen molar-refractivity contribution < 1.29 is 19.1 Å². The van der Waals surface area contributed by atoms with Gasteiger partial charge in [-0.1, -0.05) is 6.92 Å². The van der Waals surface area contributed by atoms with Crippen LogP contribution in [-0.2, 0) is 4.79 Å². The molecule has 0 unspecified atom stereocenters. The number of aromatic amines is 1. The first kappa shape index (κ1) is 19.0. The second kappa shape index (κ2) is 8.30. The summed E-state index contributed by atoms with van der Waals surface area (Å²) in [6, 6.07) is 6.07. The molecule has 1 fully saturated rings. The Morgan fingerprint density at radius 1 is 1.30 bits per heavy atom. The number of piperidine rings is 1. The first-order chi connectivity index (χ1) is 13.0. The largest absolute Gasteiger partial charge is 0.480 e. The normalized spacial score (nSPS) is 15.3. The van der Waals surface area contributed by atoms with Crippen molar-refractivity contribution in [2.45, 2.75) is 25.8 Å². The standard InChI is InChI=1S/C19H23FN4O3/c1-2-23(12-17(25)26)15-7-9-24(10-8-15)19(27)16-11-21-22-18(16)13-3-5-14(20)6-4-13/h3-6,11,15H,2,7-10,12H2,1H3,(H,21,22)(H,25,26). The van der Waals surface area contributed by atoms with E-state index in [0.717, 1.165) is 12.8 Å². The first-order valence-electron chi connectivity index (χ1n) is 9.04. The van der Waals surface area contributed by atoms with Gasteiger partial charge in [-0.2, -0.15) is 5.10 Å². The Morgan fingerprint density at radius 3 is 2.56 bits per heavy atom. The molecule has 0 aliphatic carbocycles. The Bertz CT molecular complexity index is 798. The summed E-state index contributed by atoms with van der Waals surface area (Å²) in [4.78, 5) is 27.6. The number of nitrogens with one attached hydrogen (secondary N) is 1. The lowest BCUT2D eigenvalue weighted by molar-refractivity contribution is -0.139. The SMILES string of the molecule is CCN(CC(=O)O)C1CCN(C(=O)c2cn[nH]c2-c2ccc(F)cc2)CC1. The van der Waals surface area contributed by atoms with E-state index in [0.29, 0.717) is 36.5 Å². The van der Waals surface area contributed by atoms with Gasteiger partial charge < -0.3 is 10.0 Å². The summed E-state index contributed by atoms with van der Waals surface area (Å²) in [5.74, 6) is -1.30. The summed E-state index contributed by atoms with van der Waals surface area (Å²) in [6.45, 7) is 3.76. The fourth-order valence-corrected chi connectivity index (χ4v) is 3.56. The lowest BCUT2D eigenvalue weighted by Gasteiger charge is -2.37. The molecule has 7 nitrogen and oxygen atoms in total. The number of rotatable bonds is 6. The number of carboxylic acids is 1. The molecule has 2 heterocycles. The molecule has 0 spiro atoms. The molecule has 2 aromatic rings. The highest BCUT2D eigenvalue weighted by molar-refractivity contribution is 5.99. The van der Waals surface area contributed by atoms with Crippen molar-refractivity contribution in [3.05, 3.63) is 41.8 Å². The lowest BCUT2D eigenvalue weighted by Crippen LogP contribution is -2.48. The van der Waals surface area contributed by atoms with Crippen LogP contribution >= 0.6 is 0 Å². The molecule has 8 heteroatoms. The molecule has 0 atom stereocenters. The van der Waals surface area contributed by atoms with Gasteiger partial charge >= 0.3 is 5.97 Å². The minimum Gasteiger partial charge on any atom is -0.480 e. The maximum atomic E-state index is 13.1. The quantitative estimate of drug-likeness (QED) is 0.809. The third-order valence-electron chi connectivity index (χ3n) is 5.02. The van der Waals surface area contributed by atoms with Gasteiger partial charge in [-0.3, -0.25) is 19.6 Å². The maximum absolute atomic E-state index is 13.1. The highest BCUT2D eigenvalue weighted by atomic mass is 19.1. The predicted molar refractivity (Wildman–Crippen MR) is 97.8 cm³/mol. The van der Waals surface area contributed by atoms with Crippen LogP contribution in [0.3, 0.4) is 0 Å². The highest BCUT2D eigenvalue weighted by Gasteiger charge is 2.29. The summed E-state index contributed by atoms with van der Waals surface area (Å²) < 4.78 is 13.1. The zero-order valence-electron chi connectivity index (χ0n) is 15.2. The summed E-state index contributed by atoms with van der Waals surface area (Å²) in [5, 5.41) is 15.8. The van der Waals surface area contributed by atoms with Crippen molar-refractivity contribution >= 4 is 11.9 Å². The lowest BCUT2D eigenvalue weighted by atomic mass is 10.0. The highest BCUT2D eigenvalue weighted by Crippen LogP contribution is 2.24. The molecule has 1 aliphatic heterocycles. The first-order valence-corrected chi connectivity index (χ1v) is 9.04. The van der Waals surface area contributed by atoms with Crippen LogP contribution in [0, 0.1) is 5.82 Å². The van der Waals surface area contributed by atoms with E-state index in [1.165, 1.54) is 18.3 Å². The molecule has 27 heavy (non-hydrogen) atoms. The van der Waals surface area contributed by atoms with Gasteiger partial charge in [-0.25, -0.2) is 4.39 Å². The molecule has 1 aliphatic rings. The Morgan fingerprint density at radius 2 is 1.96 bits per heavy atom. The van der Waals surface area contributed by atoms with Gasteiger partial charge in [-0.05, 0) is 43.7 Å². The molecule has 0 saturated carbocycles. The van der Waals surface area contributed by atoms with Crippen molar-refractivity contribution in [1.82, 2.24) is 20.0 Å². The van der Waals surface area contributed by atoms with Crippen LogP contribution in [-0.4, -0.2) is 69.2 Å². The number of nitrogens with zero attached hydrogens (tertiary/aromatic N) is 3. The Labute approximate surface area is 156 Å². The molecular formula is C19H23FN4O3. The minimum absolute atomic E-state index is 0.0194. The molecule has 0 radical (unpaired) electrons. The summed E-state index contributed by atoms with van der Waals surface area (Å²) in [5.41, 5.74) is 1.73. The molecule has 1 amide bonds. The number of amides is 1. The number of carbonyl (C=O) groups is 2. The van der Waals surface area contributed by atoms with Gasteiger partial charge in [0.1, 0.15) is 5.82 Å². The molecule has 1 aromatic heterocycles. The number of benzene rings is 1. The summed E-state index contributed by atoms with van der Waals surface area (Å²) in [6.07, 6.45) is 2.96. The minimum atomic E-state index is -0.835. The average molecular weight is 374 g/mol.